The minimum atomic E-state index is -0.314. The number of halogens is 1. The summed E-state index contributed by atoms with van der Waals surface area (Å²) >= 11 is 3.61. The molecule has 1 fully saturated rings. The van der Waals surface area contributed by atoms with E-state index in [2.05, 4.69) is 67.1 Å². The number of nitrogens with zero attached hydrogens (tertiary/aromatic N) is 3. The van der Waals surface area contributed by atoms with Crippen LogP contribution in [-0.2, 0) is 11.3 Å². The highest BCUT2D eigenvalue weighted by Crippen LogP contribution is 2.34. The smallest absolute Gasteiger partial charge is 0.341 e. The first-order valence-electron chi connectivity index (χ1n) is 10.3. The number of rotatable bonds is 5. The quantitative estimate of drug-likeness (QED) is 0.504. The number of hydrogen-bond donors (Lipinski definition) is 0. The van der Waals surface area contributed by atoms with Gasteiger partial charge in [-0.3, -0.25) is 9.88 Å². The van der Waals surface area contributed by atoms with Gasteiger partial charge in [-0.25, -0.2) is 4.79 Å². The molecule has 2 aromatic carbocycles. The van der Waals surface area contributed by atoms with Crippen molar-refractivity contribution in [3.63, 3.8) is 0 Å². The van der Waals surface area contributed by atoms with E-state index in [-0.39, 0.29) is 5.97 Å². The second-order valence-electron chi connectivity index (χ2n) is 7.61. The number of piperazine rings is 1. The number of aryl methyl sites for hydroxylation is 1. The van der Waals surface area contributed by atoms with Crippen molar-refractivity contribution >= 4 is 38.5 Å². The minimum Gasteiger partial charge on any atom is -0.462 e. The summed E-state index contributed by atoms with van der Waals surface area (Å²) in [7, 11) is 0. The molecule has 0 N–H and O–H groups in total. The van der Waals surface area contributed by atoms with Crippen molar-refractivity contribution in [1.29, 1.82) is 0 Å². The Labute approximate surface area is 185 Å². The van der Waals surface area contributed by atoms with E-state index in [0.29, 0.717) is 12.2 Å². The standard InChI is InChI=1S/C24H26BrN3O2/c1-3-30-24(29)21-15-26-22-17(2)13-19(25)14-20(22)23(21)28-11-9-27(10-12-28)16-18-7-5-4-6-8-18/h4-8,13-15H,3,9-12,16H2,1-2H3. The van der Waals surface area contributed by atoms with Gasteiger partial charge >= 0.3 is 5.97 Å². The maximum atomic E-state index is 12.7. The first kappa shape index (κ1) is 20.8. The molecule has 0 saturated carbocycles. The van der Waals surface area contributed by atoms with E-state index in [1.807, 2.05) is 19.9 Å². The Bertz CT molecular complexity index is 1050. The molecule has 1 aromatic heterocycles. The first-order chi connectivity index (χ1) is 14.6. The third-order valence-electron chi connectivity index (χ3n) is 5.53. The molecule has 1 saturated heterocycles. The van der Waals surface area contributed by atoms with Crippen LogP contribution in [0.5, 0.6) is 0 Å². The van der Waals surface area contributed by atoms with Gasteiger partial charge in [0.1, 0.15) is 5.56 Å². The lowest BCUT2D eigenvalue weighted by Crippen LogP contribution is -2.46. The first-order valence-corrected chi connectivity index (χ1v) is 11.1. The summed E-state index contributed by atoms with van der Waals surface area (Å²) in [5, 5.41) is 0.990. The van der Waals surface area contributed by atoms with Crippen LogP contribution in [0.4, 0.5) is 5.69 Å². The number of hydrogen-bond acceptors (Lipinski definition) is 5. The van der Waals surface area contributed by atoms with Crippen LogP contribution in [0.15, 0.2) is 53.1 Å². The highest BCUT2D eigenvalue weighted by Gasteiger charge is 2.25. The van der Waals surface area contributed by atoms with Gasteiger partial charge in [-0.1, -0.05) is 46.3 Å². The van der Waals surface area contributed by atoms with Crippen LogP contribution in [0.2, 0.25) is 0 Å². The Hall–Kier alpha value is -2.44. The molecule has 3 aromatic rings. The molecule has 6 heteroatoms. The summed E-state index contributed by atoms with van der Waals surface area (Å²) in [6, 6.07) is 14.7. The van der Waals surface area contributed by atoms with Crippen LogP contribution >= 0.6 is 15.9 Å². The largest absolute Gasteiger partial charge is 0.462 e. The van der Waals surface area contributed by atoms with Crippen LogP contribution in [0.25, 0.3) is 10.9 Å². The van der Waals surface area contributed by atoms with E-state index >= 15 is 0 Å². The number of anilines is 1. The van der Waals surface area contributed by atoms with Gasteiger partial charge in [-0.15, -0.1) is 0 Å². The number of carbonyl (C=O) groups is 1. The zero-order valence-corrected chi connectivity index (χ0v) is 19.0. The normalized spacial score (nSPS) is 14.8. The van der Waals surface area contributed by atoms with Crippen molar-refractivity contribution in [3.8, 4) is 0 Å². The molecule has 0 atom stereocenters. The zero-order chi connectivity index (χ0) is 21.1. The molecule has 30 heavy (non-hydrogen) atoms. The molecule has 0 radical (unpaired) electrons. The molecule has 2 heterocycles. The van der Waals surface area contributed by atoms with Crippen molar-refractivity contribution in [2.75, 3.05) is 37.7 Å². The minimum absolute atomic E-state index is 0.314. The molecule has 0 aliphatic carbocycles. The Morgan fingerprint density at radius 2 is 1.87 bits per heavy atom. The predicted octanol–water partition coefficient (Wildman–Crippen LogP) is 4.80. The van der Waals surface area contributed by atoms with Crippen LogP contribution in [0.3, 0.4) is 0 Å². The third-order valence-corrected chi connectivity index (χ3v) is 5.99. The van der Waals surface area contributed by atoms with Crippen LogP contribution in [0, 0.1) is 6.92 Å². The lowest BCUT2D eigenvalue weighted by Gasteiger charge is -2.37. The average Bonchev–Trinajstić information content (AvgIpc) is 2.74. The molecule has 0 amide bonds. The fraction of sp³-hybridized carbons (Fsp3) is 0.333. The maximum absolute atomic E-state index is 12.7. The average molecular weight is 468 g/mol. The van der Waals surface area contributed by atoms with E-state index in [1.54, 1.807) is 6.20 Å². The molecular weight excluding hydrogens is 442 g/mol. The Morgan fingerprint density at radius 3 is 2.57 bits per heavy atom. The zero-order valence-electron chi connectivity index (χ0n) is 17.4. The molecule has 0 spiro atoms. The van der Waals surface area contributed by atoms with Crippen LogP contribution < -0.4 is 4.90 Å². The summed E-state index contributed by atoms with van der Waals surface area (Å²) in [4.78, 5) is 22.1. The van der Waals surface area contributed by atoms with E-state index in [4.69, 9.17) is 4.74 Å². The van der Waals surface area contributed by atoms with Gasteiger partial charge in [-0.05, 0) is 37.1 Å². The summed E-state index contributed by atoms with van der Waals surface area (Å²) in [5.41, 5.74) is 4.80. The molecule has 1 aliphatic rings. The lowest BCUT2D eigenvalue weighted by atomic mass is 10.0. The topological polar surface area (TPSA) is 45.7 Å². The second-order valence-corrected chi connectivity index (χ2v) is 8.52. The second kappa shape index (κ2) is 9.14. The van der Waals surface area contributed by atoms with E-state index < -0.39 is 0 Å². The summed E-state index contributed by atoms with van der Waals surface area (Å²) in [6.07, 6.45) is 1.67. The van der Waals surface area contributed by atoms with Gasteiger partial charge in [0.05, 0.1) is 17.8 Å². The summed E-state index contributed by atoms with van der Waals surface area (Å²) < 4.78 is 6.33. The van der Waals surface area contributed by atoms with Crippen molar-refractivity contribution in [3.05, 3.63) is 69.8 Å². The van der Waals surface area contributed by atoms with Gasteiger partial charge in [0, 0.05) is 48.8 Å². The van der Waals surface area contributed by atoms with Crippen LogP contribution in [0.1, 0.15) is 28.4 Å². The summed E-state index contributed by atoms with van der Waals surface area (Å²) in [5.74, 6) is -0.314. The molecular formula is C24H26BrN3O2. The van der Waals surface area contributed by atoms with E-state index in [9.17, 15) is 4.79 Å². The molecule has 1 aliphatic heterocycles. The highest BCUT2D eigenvalue weighted by molar-refractivity contribution is 9.10. The number of fused-ring (bicyclic) bond motifs is 1. The SMILES string of the molecule is CCOC(=O)c1cnc2c(C)cc(Br)cc2c1N1CCN(Cc2ccccc2)CC1. The van der Waals surface area contributed by atoms with Crippen molar-refractivity contribution in [1.82, 2.24) is 9.88 Å². The molecule has 5 nitrogen and oxygen atoms in total. The number of aromatic nitrogens is 1. The van der Waals surface area contributed by atoms with Crippen molar-refractivity contribution < 1.29 is 9.53 Å². The van der Waals surface area contributed by atoms with E-state index in [0.717, 1.165) is 59.4 Å². The number of pyridine rings is 1. The van der Waals surface area contributed by atoms with Crippen LogP contribution in [-0.4, -0.2) is 48.6 Å². The van der Waals surface area contributed by atoms with Gasteiger partial charge in [-0.2, -0.15) is 0 Å². The van der Waals surface area contributed by atoms with Gasteiger partial charge in [0.15, 0.2) is 0 Å². The molecule has 0 bridgehead atoms. The van der Waals surface area contributed by atoms with Gasteiger partial charge < -0.3 is 9.64 Å². The molecule has 4 rings (SSSR count). The number of benzene rings is 2. The fourth-order valence-electron chi connectivity index (χ4n) is 4.09. The summed E-state index contributed by atoms with van der Waals surface area (Å²) in [6.45, 7) is 8.75. The van der Waals surface area contributed by atoms with E-state index in [1.165, 1.54) is 5.56 Å². The third kappa shape index (κ3) is 4.35. The maximum Gasteiger partial charge on any atom is 0.341 e. The Kier molecular flexibility index (Phi) is 6.35. The fourth-order valence-corrected chi connectivity index (χ4v) is 4.67. The Balaban J connectivity index is 1.65. The number of ether oxygens (including phenoxy) is 1. The van der Waals surface area contributed by atoms with Crippen molar-refractivity contribution in [2.24, 2.45) is 0 Å². The Morgan fingerprint density at radius 1 is 1.13 bits per heavy atom. The van der Waals surface area contributed by atoms with Crippen molar-refractivity contribution in [2.45, 2.75) is 20.4 Å². The lowest BCUT2D eigenvalue weighted by molar-refractivity contribution is 0.0526. The van der Waals surface area contributed by atoms with Gasteiger partial charge in [0.2, 0.25) is 0 Å². The monoisotopic (exact) mass is 467 g/mol. The van der Waals surface area contributed by atoms with Gasteiger partial charge in [0.25, 0.3) is 0 Å². The highest BCUT2D eigenvalue weighted by atomic mass is 79.9. The predicted molar refractivity (Wildman–Crippen MR) is 124 cm³/mol. The molecule has 0 unspecified atom stereocenters. The molecule has 156 valence electrons. The number of esters is 1. The number of carbonyl (C=O) groups excluding carboxylic acids is 1.